The van der Waals surface area contributed by atoms with E-state index in [1.54, 1.807) is 18.3 Å². The average Bonchev–Trinajstić information content (AvgIpc) is 2.80. The summed E-state index contributed by atoms with van der Waals surface area (Å²) in [5.74, 6) is 2.95. The molecular formula is C19H18ClFN2O. The SMILES string of the molecule is C#CCn1c(C)c(C)c2ccnc(OCc3ccc(F)cc3)c21.Cl. The number of halogens is 2. The molecule has 0 saturated carbocycles. The summed E-state index contributed by atoms with van der Waals surface area (Å²) in [6.07, 6.45) is 7.22. The summed E-state index contributed by atoms with van der Waals surface area (Å²) in [5, 5.41) is 1.09. The molecule has 3 rings (SSSR count). The minimum absolute atomic E-state index is 0. The summed E-state index contributed by atoms with van der Waals surface area (Å²) in [7, 11) is 0. The summed E-state index contributed by atoms with van der Waals surface area (Å²) in [5.41, 5.74) is 4.07. The Morgan fingerprint density at radius 1 is 1.21 bits per heavy atom. The molecule has 3 nitrogen and oxygen atoms in total. The second-order valence-corrected chi connectivity index (χ2v) is 5.43. The van der Waals surface area contributed by atoms with Crippen molar-refractivity contribution < 1.29 is 9.13 Å². The molecule has 0 aliphatic rings. The van der Waals surface area contributed by atoms with Gasteiger partial charge in [-0.3, -0.25) is 0 Å². The number of nitrogens with zero attached hydrogens (tertiary/aromatic N) is 2. The predicted octanol–water partition coefficient (Wildman–Crippen LogP) is 4.43. The Bertz CT molecular complexity index is 894. The van der Waals surface area contributed by atoms with Gasteiger partial charge in [0.25, 0.3) is 0 Å². The van der Waals surface area contributed by atoms with Gasteiger partial charge in [0.15, 0.2) is 0 Å². The number of rotatable bonds is 4. The highest BCUT2D eigenvalue weighted by Crippen LogP contribution is 2.31. The van der Waals surface area contributed by atoms with Gasteiger partial charge in [0, 0.05) is 17.3 Å². The number of ether oxygens (including phenoxy) is 1. The minimum atomic E-state index is -0.261. The summed E-state index contributed by atoms with van der Waals surface area (Å²) in [6.45, 7) is 4.89. The van der Waals surface area contributed by atoms with Gasteiger partial charge in [-0.15, -0.1) is 18.8 Å². The van der Waals surface area contributed by atoms with Crippen LogP contribution in [-0.2, 0) is 13.2 Å². The quantitative estimate of drug-likeness (QED) is 0.655. The van der Waals surface area contributed by atoms with Crippen LogP contribution in [0.25, 0.3) is 10.9 Å². The zero-order valence-electron chi connectivity index (χ0n) is 13.5. The largest absolute Gasteiger partial charge is 0.471 e. The lowest BCUT2D eigenvalue weighted by molar-refractivity contribution is 0.296. The maximum Gasteiger partial charge on any atom is 0.238 e. The third kappa shape index (κ3) is 3.22. The normalized spacial score (nSPS) is 10.2. The van der Waals surface area contributed by atoms with Gasteiger partial charge in [-0.1, -0.05) is 18.1 Å². The number of terminal acetylenes is 1. The lowest BCUT2D eigenvalue weighted by Crippen LogP contribution is -2.03. The van der Waals surface area contributed by atoms with Gasteiger partial charge in [0.2, 0.25) is 5.88 Å². The lowest BCUT2D eigenvalue weighted by Gasteiger charge is -2.10. The molecule has 0 amide bonds. The van der Waals surface area contributed by atoms with Gasteiger partial charge in [0.05, 0.1) is 6.54 Å². The number of aromatic nitrogens is 2. The van der Waals surface area contributed by atoms with Gasteiger partial charge in [-0.25, -0.2) is 9.37 Å². The first-order valence-electron chi connectivity index (χ1n) is 7.37. The number of benzene rings is 1. The fraction of sp³-hybridized carbons (Fsp3) is 0.211. The van der Waals surface area contributed by atoms with Crippen LogP contribution in [0.15, 0.2) is 36.5 Å². The Morgan fingerprint density at radius 3 is 2.58 bits per heavy atom. The van der Waals surface area contributed by atoms with Crippen molar-refractivity contribution >= 4 is 23.3 Å². The van der Waals surface area contributed by atoms with E-state index in [1.807, 2.05) is 17.6 Å². The molecule has 0 aliphatic heterocycles. The molecule has 2 heterocycles. The Hall–Kier alpha value is -2.51. The monoisotopic (exact) mass is 344 g/mol. The Morgan fingerprint density at radius 2 is 1.92 bits per heavy atom. The maximum atomic E-state index is 13.0. The molecule has 5 heteroatoms. The summed E-state index contributed by atoms with van der Waals surface area (Å²) < 4.78 is 20.9. The zero-order chi connectivity index (χ0) is 16.4. The van der Waals surface area contributed by atoms with Crippen molar-refractivity contribution in [3.05, 3.63) is 59.2 Å². The molecule has 0 N–H and O–H groups in total. The predicted molar refractivity (Wildman–Crippen MR) is 96.0 cm³/mol. The van der Waals surface area contributed by atoms with E-state index in [1.165, 1.54) is 17.7 Å². The number of aryl methyl sites for hydroxylation is 1. The van der Waals surface area contributed by atoms with Gasteiger partial charge in [-0.2, -0.15) is 0 Å². The number of pyridine rings is 1. The fourth-order valence-electron chi connectivity index (χ4n) is 2.69. The third-order valence-corrected chi connectivity index (χ3v) is 4.05. The molecule has 1 aromatic carbocycles. The van der Waals surface area contributed by atoms with Crippen LogP contribution in [0, 0.1) is 32.0 Å². The van der Waals surface area contributed by atoms with E-state index in [0.717, 1.165) is 22.2 Å². The molecule has 0 unspecified atom stereocenters. The van der Waals surface area contributed by atoms with Crippen molar-refractivity contribution in [2.24, 2.45) is 0 Å². The van der Waals surface area contributed by atoms with Crippen molar-refractivity contribution in [1.29, 1.82) is 0 Å². The highest BCUT2D eigenvalue weighted by atomic mass is 35.5. The minimum Gasteiger partial charge on any atom is -0.471 e. The van der Waals surface area contributed by atoms with Crippen molar-refractivity contribution in [3.8, 4) is 18.2 Å². The molecule has 3 aromatic rings. The Labute approximate surface area is 146 Å². The maximum absolute atomic E-state index is 13.0. The van der Waals surface area contributed by atoms with Crippen molar-refractivity contribution in [1.82, 2.24) is 9.55 Å². The first-order valence-corrected chi connectivity index (χ1v) is 7.37. The molecule has 0 spiro atoms. The van der Waals surface area contributed by atoms with Gasteiger partial charge in [0.1, 0.15) is 17.9 Å². The summed E-state index contributed by atoms with van der Waals surface area (Å²) >= 11 is 0. The second-order valence-electron chi connectivity index (χ2n) is 5.43. The molecule has 0 fully saturated rings. The van der Waals surface area contributed by atoms with E-state index >= 15 is 0 Å². The van der Waals surface area contributed by atoms with Crippen LogP contribution in [0.1, 0.15) is 16.8 Å². The van der Waals surface area contributed by atoms with E-state index in [9.17, 15) is 4.39 Å². The molecule has 24 heavy (non-hydrogen) atoms. The van der Waals surface area contributed by atoms with Crippen molar-refractivity contribution in [3.63, 3.8) is 0 Å². The van der Waals surface area contributed by atoms with E-state index in [-0.39, 0.29) is 18.2 Å². The van der Waals surface area contributed by atoms with Crippen molar-refractivity contribution in [2.75, 3.05) is 0 Å². The lowest BCUT2D eigenvalue weighted by atomic mass is 10.2. The second kappa shape index (κ2) is 7.37. The van der Waals surface area contributed by atoms with Crippen LogP contribution < -0.4 is 4.74 Å². The van der Waals surface area contributed by atoms with E-state index in [0.29, 0.717) is 19.0 Å². The van der Waals surface area contributed by atoms with Crippen LogP contribution in [0.4, 0.5) is 4.39 Å². The Kier molecular flexibility index (Phi) is 5.48. The molecular weight excluding hydrogens is 327 g/mol. The Balaban J connectivity index is 0.00000208. The topological polar surface area (TPSA) is 27.1 Å². The highest BCUT2D eigenvalue weighted by Gasteiger charge is 2.15. The molecule has 124 valence electrons. The van der Waals surface area contributed by atoms with E-state index in [2.05, 4.69) is 17.8 Å². The number of fused-ring (bicyclic) bond motifs is 1. The number of hydrogen-bond acceptors (Lipinski definition) is 2. The van der Waals surface area contributed by atoms with E-state index < -0.39 is 0 Å². The fourth-order valence-corrected chi connectivity index (χ4v) is 2.69. The average molecular weight is 345 g/mol. The van der Waals surface area contributed by atoms with Gasteiger partial charge >= 0.3 is 0 Å². The van der Waals surface area contributed by atoms with Crippen LogP contribution >= 0.6 is 12.4 Å². The van der Waals surface area contributed by atoms with Gasteiger partial charge in [-0.05, 0) is 43.2 Å². The molecule has 0 radical (unpaired) electrons. The van der Waals surface area contributed by atoms with Crippen molar-refractivity contribution in [2.45, 2.75) is 27.0 Å². The van der Waals surface area contributed by atoms with Crippen LogP contribution in [0.3, 0.4) is 0 Å². The zero-order valence-corrected chi connectivity index (χ0v) is 14.4. The molecule has 2 aromatic heterocycles. The van der Waals surface area contributed by atoms with Crippen LogP contribution in [0.5, 0.6) is 5.88 Å². The van der Waals surface area contributed by atoms with E-state index in [4.69, 9.17) is 11.2 Å². The van der Waals surface area contributed by atoms with Crippen LogP contribution in [0.2, 0.25) is 0 Å². The smallest absolute Gasteiger partial charge is 0.238 e. The summed E-state index contributed by atoms with van der Waals surface area (Å²) in [4.78, 5) is 4.35. The molecule has 0 atom stereocenters. The highest BCUT2D eigenvalue weighted by molar-refractivity contribution is 5.89. The number of hydrogen-bond donors (Lipinski definition) is 0. The summed E-state index contributed by atoms with van der Waals surface area (Å²) in [6, 6.07) is 8.21. The molecule has 0 saturated heterocycles. The first kappa shape index (κ1) is 17.8. The molecule has 0 bridgehead atoms. The molecule has 0 aliphatic carbocycles. The first-order chi connectivity index (χ1) is 11.1. The third-order valence-electron chi connectivity index (χ3n) is 4.05. The van der Waals surface area contributed by atoms with Gasteiger partial charge < -0.3 is 9.30 Å². The van der Waals surface area contributed by atoms with Crippen LogP contribution in [-0.4, -0.2) is 9.55 Å². The standard InChI is InChI=1S/C19H17FN2O.ClH/c1-4-11-22-14(3)13(2)17-9-10-21-19(18(17)22)23-12-15-5-7-16(20)8-6-15;/h1,5-10H,11-12H2,2-3H3;1H.